The summed E-state index contributed by atoms with van der Waals surface area (Å²) in [5.74, 6) is 5.82. The molecule has 64 valence electrons. The number of rotatable bonds is 0. The van der Waals surface area contributed by atoms with Crippen molar-refractivity contribution in [2.45, 2.75) is 0 Å². The van der Waals surface area contributed by atoms with Gasteiger partial charge in [-0.3, -0.25) is 0 Å². The van der Waals surface area contributed by atoms with E-state index in [2.05, 4.69) is 4.98 Å². The van der Waals surface area contributed by atoms with Gasteiger partial charge in [0.15, 0.2) is 0 Å². The Morgan fingerprint density at radius 1 is 1.46 bits per heavy atom. The van der Waals surface area contributed by atoms with Crippen molar-refractivity contribution in [3.8, 4) is 6.07 Å². The Bertz CT molecular complexity index is 505. The third-order valence-corrected chi connectivity index (χ3v) is 1.85. The molecule has 0 aliphatic carbocycles. The Morgan fingerprint density at radius 3 is 2.92 bits per heavy atom. The van der Waals surface area contributed by atoms with E-state index in [9.17, 15) is 0 Å². The van der Waals surface area contributed by atoms with Crippen LogP contribution in [0.15, 0.2) is 18.2 Å². The first-order valence-corrected chi connectivity index (χ1v) is 3.65. The summed E-state index contributed by atoms with van der Waals surface area (Å²) in [4.78, 5) is 3.99. The van der Waals surface area contributed by atoms with Gasteiger partial charge in [0.2, 0.25) is 5.95 Å². The quantitative estimate of drug-likeness (QED) is 0.556. The third kappa shape index (κ3) is 0.964. The monoisotopic (exact) mass is 173 g/mol. The smallest absolute Gasteiger partial charge is 0.220 e. The molecule has 0 unspecified atom stereocenters. The molecule has 1 aromatic carbocycles. The number of nitrogens with two attached hydrogens (primary N) is 2. The van der Waals surface area contributed by atoms with Gasteiger partial charge >= 0.3 is 0 Å². The van der Waals surface area contributed by atoms with Crippen LogP contribution in [0.4, 0.5) is 5.95 Å². The lowest BCUT2D eigenvalue weighted by Gasteiger charge is -1.95. The number of nitriles is 1. The van der Waals surface area contributed by atoms with Crippen LogP contribution < -0.4 is 11.6 Å². The summed E-state index contributed by atoms with van der Waals surface area (Å²) in [6.07, 6.45) is 0. The largest absolute Gasteiger partial charge is 0.368 e. The van der Waals surface area contributed by atoms with E-state index in [0.29, 0.717) is 16.6 Å². The summed E-state index contributed by atoms with van der Waals surface area (Å²) in [5.41, 5.74) is 7.39. The maximum Gasteiger partial charge on any atom is 0.220 e. The topological polar surface area (TPSA) is 93.6 Å². The molecule has 2 aromatic rings. The molecule has 4 N–H and O–H groups in total. The molecular formula is C8H7N5. The minimum absolute atomic E-state index is 0.241. The zero-order valence-electron chi connectivity index (χ0n) is 6.73. The molecule has 0 amide bonds. The first-order chi connectivity index (χ1) is 6.22. The highest BCUT2D eigenvalue weighted by molar-refractivity contribution is 5.79. The molecule has 13 heavy (non-hydrogen) atoms. The fourth-order valence-electron chi connectivity index (χ4n) is 1.18. The molecule has 0 atom stereocenters. The highest BCUT2D eigenvalue weighted by atomic mass is 15.4. The number of fused-ring (bicyclic) bond motifs is 1. The maximum atomic E-state index is 8.64. The van der Waals surface area contributed by atoms with Gasteiger partial charge in [-0.25, -0.2) is 9.66 Å². The summed E-state index contributed by atoms with van der Waals surface area (Å²) in [6, 6.07) is 7.06. The number of aromatic nitrogens is 2. The van der Waals surface area contributed by atoms with Crippen molar-refractivity contribution in [1.29, 1.82) is 5.26 Å². The van der Waals surface area contributed by atoms with E-state index >= 15 is 0 Å². The van der Waals surface area contributed by atoms with Gasteiger partial charge < -0.3 is 11.6 Å². The van der Waals surface area contributed by atoms with Gasteiger partial charge in [0.25, 0.3) is 0 Å². The number of benzene rings is 1. The van der Waals surface area contributed by atoms with Crippen molar-refractivity contribution < 1.29 is 0 Å². The molecule has 5 nitrogen and oxygen atoms in total. The van der Waals surface area contributed by atoms with Crippen molar-refractivity contribution >= 4 is 17.0 Å². The lowest BCUT2D eigenvalue weighted by atomic mass is 10.2. The van der Waals surface area contributed by atoms with Gasteiger partial charge in [-0.2, -0.15) is 5.26 Å². The standard InChI is InChI=1S/C8H7N5/c9-4-5-1-2-6-7(3-5)13(11)8(10)12-6/h1-3H,11H2,(H2,10,12). The summed E-state index contributed by atoms with van der Waals surface area (Å²) in [6.45, 7) is 0. The Morgan fingerprint density at radius 2 is 2.23 bits per heavy atom. The van der Waals surface area contributed by atoms with E-state index in [0.717, 1.165) is 0 Å². The predicted octanol–water partition coefficient (Wildman–Crippen LogP) is 0.204. The van der Waals surface area contributed by atoms with Gasteiger partial charge in [0.1, 0.15) is 0 Å². The van der Waals surface area contributed by atoms with E-state index in [4.69, 9.17) is 16.8 Å². The predicted molar refractivity (Wildman–Crippen MR) is 49.0 cm³/mol. The minimum atomic E-state index is 0.241. The van der Waals surface area contributed by atoms with Crippen LogP contribution in [-0.2, 0) is 0 Å². The van der Waals surface area contributed by atoms with Crippen LogP contribution in [0.3, 0.4) is 0 Å². The highest BCUT2D eigenvalue weighted by Crippen LogP contribution is 2.15. The normalized spacial score (nSPS) is 10.1. The number of nitrogen functional groups attached to an aromatic ring is 2. The lowest BCUT2D eigenvalue weighted by Crippen LogP contribution is -2.11. The molecule has 0 aliphatic heterocycles. The van der Waals surface area contributed by atoms with E-state index in [1.807, 2.05) is 6.07 Å². The molecule has 0 saturated heterocycles. The van der Waals surface area contributed by atoms with E-state index < -0.39 is 0 Å². The van der Waals surface area contributed by atoms with Gasteiger partial charge in [0.05, 0.1) is 22.7 Å². The van der Waals surface area contributed by atoms with Gasteiger partial charge in [0, 0.05) is 0 Å². The van der Waals surface area contributed by atoms with Gasteiger partial charge in [-0.1, -0.05) is 0 Å². The Labute approximate surface area is 74.2 Å². The SMILES string of the molecule is N#Cc1ccc2nc(N)n(N)c2c1. The lowest BCUT2D eigenvalue weighted by molar-refractivity contribution is 1.06. The van der Waals surface area contributed by atoms with Crippen LogP contribution in [0.25, 0.3) is 11.0 Å². The fraction of sp³-hybridized carbons (Fsp3) is 0. The zero-order chi connectivity index (χ0) is 9.42. The maximum absolute atomic E-state index is 8.64. The number of nitrogens with zero attached hydrogens (tertiary/aromatic N) is 3. The minimum Gasteiger partial charge on any atom is -0.368 e. The molecule has 0 fully saturated rings. The first-order valence-electron chi connectivity index (χ1n) is 3.65. The van der Waals surface area contributed by atoms with Gasteiger partial charge in [-0.15, -0.1) is 0 Å². The molecule has 1 aromatic heterocycles. The van der Waals surface area contributed by atoms with E-state index in [1.165, 1.54) is 4.68 Å². The molecule has 5 heteroatoms. The van der Waals surface area contributed by atoms with Crippen LogP contribution in [0.2, 0.25) is 0 Å². The van der Waals surface area contributed by atoms with Crippen LogP contribution in [0.1, 0.15) is 5.56 Å². The Balaban J connectivity index is 2.84. The van der Waals surface area contributed by atoms with Crippen molar-refractivity contribution in [2.75, 3.05) is 11.6 Å². The van der Waals surface area contributed by atoms with Crippen molar-refractivity contribution in [1.82, 2.24) is 9.66 Å². The molecule has 0 aliphatic rings. The average molecular weight is 173 g/mol. The first kappa shape index (κ1) is 7.43. The fourth-order valence-corrected chi connectivity index (χ4v) is 1.18. The summed E-state index contributed by atoms with van der Waals surface area (Å²) in [5, 5.41) is 8.64. The number of hydrogen-bond acceptors (Lipinski definition) is 4. The number of anilines is 1. The summed E-state index contributed by atoms with van der Waals surface area (Å²) < 4.78 is 1.26. The molecule has 0 bridgehead atoms. The van der Waals surface area contributed by atoms with E-state index in [1.54, 1.807) is 18.2 Å². The molecule has 2 rings (SSSR count). The molecule has 0 spiro atoms. The molecule has 0 radical (unpaired) electrons. The summed E-state index contributed by atoms with van der Waals surface area (Å²) >= 11 is 0. The van der Waals surface area contributed by atoms with Crippen LogP contribution in [-0.4, -0.2) is 9.66 Å². The number of imidazole rings is 1. The molecular weight excluding hydrogens is 166 g/mol. The second-order valence-electron chi connectivity index (χ2n) is 2.66. The van der Waals surface area contributed by atoms with Crippen LogP contribution >= 0.6 is 0 Å². The second kappa shape index (κ2) is 2.38. The van der Waals surface area contributed by atoms with Crippen molar-refractivity contribution in [3.05, 3.63) is 23.8 Å². The second-order valence-corrected chi connectivity index (χ2v) is 2.66. The Hall–Kier alpha value is -2.22. The molecule has 1 heterocycles. The van der Waals surface area contributed by atoms with E-state index in [-0.39, 0.29) is 5.95 Å². The van der Waals surface area contributed by atoms with Crippen LogP contribution in [0.5, 0.6) is 0 Å². The molecule has 0 saturated carbocycles. The van der Waals surface area contributed by atoms with Crippen LogP contribution in [0, 0.1) is 11.3 Å². The summed E-state index contributed by atoms with van der Waals surface area (Å²) in [7, 11) is 0. The highest BCUT2D eigenvalue weighted by Gasteiger charge is 2.05. The zero-order valence-corrected chi connectivity index (χ0v) is 6.73. The van der Waals surface area contributed by atoms with Crippen molar-refractivity contribution in [2.24, 2.45) is 0 Å². The average Bonchev–Trinajstić information content (AvgIpc) is 2.43. The van der Waals surface area contributed by atoms with Gasteiger partial charge in [-0.05, 0) is 18.2 Å². The third-order valence-electron chi connectivity index (χ3n) is 1.85. The Kier molecular flexibility index (Phi) is 1.36. The van der Waals surface area contributed by atoms with Crippen molar-refractivity contribution in [3.63, 3.8) is 0 Å². The number of hydrogen-bond donors (Lipinski definition) is 2.